The van der Waals surface area contributed by atoms with Crippen LogP contribution in [0.3, 0.4) is 0 Å². The lowest BCUT2D eigenvalue weighted by Gasteiger charge is -2.34. The first-order valence-corrected chi connectivity index (χ1v) is 9.14. The largest absolute Gasteiger partial charge is 0.356 e. The molecule has 0 radical (unpaired) electrons. The van der Waals surface area contributed by atoms with Gasteiger partial charge in [0.15, 0.2) is 5.65 Å². The Morgan fingerprint density at radius 3 is 2.70 bits per heavy atom. The second-order valence-corrected chi connectivity index (χ2v) is 7.24. The van der Waals surface area contributed by atoms with Crippen LogP contribution in [0, 0.1) is 5.92 Å². The quantitative estimate of drug-likeness (QED) is 0.685. The minimum Gasteiger partial charge on any atom is -0.356 e. The third-order valence-electron chi connectivity index (χ3n) is 5.23. The van der Waals surface area contributed by atoms with E-state index in [1.165, 1.54) is 0 Å². The highest BCUT2D eigenvalue weighted by Crippen LogP contribution is 2.27. The van der Waals surface area contributed by atoms with E-state index in [2.05, 4.69) is 25.0 Å². The predicted molar refractivity (Wildman–Crippen MR) is 101 cm³/mol. The maximum Gasteiger partial charge on any atom is 0.273 e. The van der Waals surface area contributed by atoms with Crippen LogP contribution in [0.1, 0.15) is 23.3 Å². The topological polar surface area (TPSA) is 85.0 Å². The van der Waals surface area contributed by atoms with Crippen LogP contribution in [0.5, 0.6) is 0 Å². The number of aromatic nitrogens is 6. The number of piperidine rings is 1. The highest BCUT2D eigenvalue weighted by molar-refractivity contribution is 5.91. The van der Waals surface area contributed by atoms with Crippen molar-refractivity contribution in [2.45, 2.75) is 12.8 Å². The molecule has 0 unspecified atom stereocenters. The van der Waals surface area contributed by atoms with Gasteiger partial charge in [-0.3, -0.25) is 9.48 Å². The summed E-state index contributed by atoms with van der Waals surface area (Å²) < 4.78 is 3.56. The van der Waals surface area contributed by atoms with E-state index in [-0.39, 0.29) is 5.91 Å². The molecule has 1 fully saturated rings. The molecule has 0 N–H and O–H groups in total. The third kappa shape index (κ3) is 3.36. The fraction of sp³-hybridized carbons (Fsp3) is 0.500. The zero-order valence-corrected chi connectivity index (χ0v) is 15.9. The normalized spacial score (nSPS) is 15.4. The lowest BCUT2D eigenvalue weighted by Crippen LogP contribution is -2.40. The molecular weight excluding hydrogens is 344 g/mol. The molecule has 3 aromatic heterocycles. The molecule has 1 aliphatic rings. The molecule has 0 spiro atoms. The van der Waals surface area contributed by atoms with Crippen LogP contribution >= 0.6 is 0 Å². The molecule has 1 amide bonds. The summed E-state index contributed by atoms with van der Waals surface area (Å²) in [6.07, 6.45) is 8.88. The zero-order valence-electron chi connectivity index (χ0n) is 15.9. The monoisotopic (exact) mass is 368 g/mol. The van der Waals surface area contributed by atoms with Gasteiger partial charge in [0.25, 0.3) is 5.91 Å². The Hall–Kier alpha value is -2.97. The molecule has 9 heteroatoms. The molecule has 0 saturated carbocycles. The molecular formula is C18H24N8O. The van der Waals surface area contributed by atoms with E-state index in [0.717, 1.165) is 49.3 Å². The maximum atomic E-state index is 12.5. The van der Waals surface area contributed by atoms with E-state index >= 15 is 0 Å². The highest BCUT2D eigenvalue weighted by Gasteiger charge is 2.25. The van der Waals surface area contributed by atoms with Crippen molar-refractivity contribution >= 4 is 22.8 Å². The fourth-order valence-corrected chi connectivity index (χ4v) is 3.72. The molecule has 9 nitrogen and oxygen atoms in total. The predicted octanol–water partition coefficient (Wildman–Crippen LogP) is 1.09. The Balaban J connectivity index is 1.38. The van der Waals surface area contributed by atoms with E-state index in [4.69, 9.17) is 0 Å². The first-order valence-electron chi connectivity index (χ1n) is 9.14. The van der Waals surface area contributed by atoms with Gasteiger partial charge in [-0.1, -0.05) is 0 Å². The summed E-state index contributed by atoms with van der Waals surface area (Å²) in [5, 5.41) is 5.28. The van der Waals surface area contributed by atoms with Gasteiger partial charge in [-0.05, 0) is 18.8 Å². The van der Waals surface area contributed by atoms with Gasteiger partial charge in [0.05, 0.1) is 17.9 Å². The van der Waals surface area contributed by atoms with Crippen molar-refractivity contribution in [1.82, 2.24) is 34.2 Å². The van der Waals surface area contributed by atoms with Crippen molar-refractivity contribution in [2.75, 3.05) is 31.6 Å². The van der Waals surface area contributed by atoms with E-state index in [9.17, 15) is 4.79 Å². The first-order chi connectivity index (χ1) is 13.0. The lowest BCUT2D eigenvalue weighted by atomic mass is 9.96. The number of anilines is 1. The van der Waals surface area contributed by atoms with Crippen LogP contribution < -0.4 is 4.90 Å². The summed E-state index contributed by atoms with van der Waals surface area (Å²) in [5.74, 6) is 1.40. The second kappa shape index (κ2) is 6.98. The molecule has 142 valence electrons. The number of carbonyl (C=O) groups excluding carboxylic acids is 1. The lowest BCUT2D eigenvalue weighted by molar-refractivity contribution is 0.0759. The zero-order chi connectivity index (χ0) is 19.0. The van der Waals surface area contributed by atoms with Gasteiger partial charge in [-0.2, -0.15) is 5.10 Å². The molecule has 4 heterocycles. The average molecular weight is 368 g/mol. The molecule has 0 aliphatic carbocycles. The van der Waals surface area contributed by atoms with Crippen molar-refractivity contribution in [3.63, 3.8) is 0 Å². The van der Waals surface area contributed by atoms with Gasteiger partial charge in [-0.25, -0.2) is 15.0 Å². The molecule has 0 bridgehead atoms. The minimum atomic E-state index is -0.0223. The molecule has 0 aromatic carbocycles. The third-order valence-corrected chi connectivity index (χ3v) is 5.23. The Morgan fingerprint density at radius 1 is 1.22 bits per heavy atom. The summed E-state index contributed by atoms with van der Waals surface area (Å²) in [5.41, 5.74) is 1.35. The number of imidazole rings is 1. The summed E-state index contributed by atoms with van der Waals surface area (Å²) in [6, 6.07) is 0. The van der Waals surface area contributed by atoms with Gasteiger partial charge in [0.1, 0.15) is 17.8 Å². The van der Waals surface area contributed by atoms with E-state index in [0.29, 0.717) is 11.6 Å². The Bertz CT molecular complexity index is 953. The minimum absolute atomic E-state index is 0.0223. The average Bonchev–Trinajstić information content (AvgIpc) is 3.28. The number of amides is 1. The molecule has 3 aromatic rings. The fourth-order valence-electron chi connectivity index (χ4n) is 3.72. The van der Waals surface area contributed by atoms with Crippen molar-refractivity contribution in [3.05, 3.63) is 30.7 Å². The standard InChI is InChI=1S/C18H24N8O/c1-23-10-15(21-12-23)18(27)24(2)9-13-4-6-26(7-5-13)17-14-8-22-25(3)16(14)19-11-20-17/h8,10-13H,4-7,9H2,1-3H3. The van der Waals surface area contributed by atoms with Crippen LogP contribution in [0.2, 0.25) is 0 Å². The van der Waals surface area contributed by atoms with Crippen LogP contribution in [-0.2, 0) is 14.1 Å². The van der Waals surface area contributed by atoms with E-state index in [1.54, 1.807) is 33.0 Å². The Labute approximate surface area is 157 Å². The van der Waals surface area contributed by atoms with Crippen LogP contribution in [0.15, 0.2) is 25.0 Å². The van der Waals surface area contributed by atoms with Crippen LogP contribution in [-0.4, -0.2) is 66.8 Å². The molecule has 4 rings (SSSR count). The number of hydrogen-bond acceptors (Lipinski definition) is 6. The Morgan fingerprint density at radius 2 is 2.00 bits per heavy atom. The van der Waals surface area contributed by atoms with Gasteiger partial charge >= 0.3 is 0 Å². The van der Waals surface area contributed by atoms with Crippen LogP contribution in [0.25, 0.3) is 11.0 Å². The summed E-state index contributed by atoms with van der Waals surface area (Å²) in [6.45, 7) is 2.57. The number of fused-ring (bicyclic) bond motifs is 1. The number of carbonyl (C=O) groups is 1. The SMILES string of the molecule is CN(CC1CCN(c2ncnc3c2cnn3C)CC1)C(=O)c1cn(C)cn1. The first kappa shape index (κ1) is 17.4. The smallest absolute Gasteiger partial charge is 0.273 e. The van der Waals surface area contributed by atoms with E-state index in [1.807, 2.05) is 27.3 Å². The highest BCUT2D eigenvalue weighted by atomic mass is 16.2. The summed E-state index contributed by atoms with van der Waals surface area (Å²) in [4.78, 5) is 29.5. The van der Waals surface area contributed by atoms with Crippen molar-refractivity contribution < 1.29 is 4.79 Å². The summed E-state index contributed by atoms with van der Waals surface area (Å²) >= 11 is 0. The van der Waals surface area contributed by atoms with Crippen molar-refractivity contribution in [1.29, 1.82) is 0 Å². The number of hydrogen-bond donors (Lipinski definition) is 0. The van der Waals surface area contributed by atoms with Crippen molar-refractivity contribution in [3.8, 4) is 0 Å². The Kier molecular flexibility index (Phi) is 4.51. The summed E-state index contributed by atoms with van der Waals surface area (Å²) in [7, 11) is 5.61. The second-order valence-electron chi connectivity index (χ2n) is 7.24. The maximum absolute atomic E-state index is 12.5. The molecule has 0 atom stereocenters. The molecule has 1 aliphatic heterocycles. The molecule has 27 heavy (non-hydrogen) atoms. The van der Waals surface area contributed by atoms with E-state index < -0.39 is 0 Å². The van der Waals surface area contributed by atoms with Crippen molar-refractivity contribution in [2.24, 2.45) is 20.0 Å². The van der Waals surface area contributed by atoms with Gasteiger partial charge in [0.2, 0.25) is 0 Å². The van der Waals surface area contributed by atoms with Gasteiger partial charge in [0, 0.05) is 47.0 Å². The van der Waals surface area contributed by atoms with Gasteiger partial charge < -0.3 is 14.4 Å². The number of rotatable bonds is 4. The number of aryl methyl sites for hydroxylation is 2. The van der Waals surface area contributed by atoms with Crippen LogP contribution in [0.4, 0.5) is 5.82 Å². The van der Waals surface area contributed by atoms with Gasteiger partial charge in [-0.15, -0.1) is 0 Å². The molecule has 1 saturated heterocycles. The number of nitrogens with zero attached hydrogens (tertiary/aromatic N) is 8.